The Morgan fingerprint density at radius 2 is 1.81 bits per heavy atom. The van der Waals surface area contributed by atoms with Crippen molar-refractivity contribution in [1.82, 2.24) is 9.47 Å². The molecule has 1 saturated heterocycles. The van der Waals surface area contributed by atoms with E-state index < -0.39 is 0 Å². The first-order valence-corrected chi connectivity index (χ1v) is 8.66. The summed E-state index contributed by atoms with van der Waals surface area (Å²) in [6.07, 6.45) is 10.4. The number of nitrogens with zero attached hydrogens (tertiary/aromatic N) is 2. The Kier molecular flexibility index (Phi) is 4.97. The Morgan fingerprint density at radius 1 is 1.00 bits per heavy atom. The minimum atomic E-state index is 0.691. The molecule has 114 valence electrons. The van der Waals surface area contributed by atoms with Crippen LogP contribution < -0.4 is 0 Å². The molecule has 0 bridgehead atoms. The summed E-state index contributed by atoms with van der Waals surface area (Å²) in [6, 6.07) is 11.7. The number of fused-ring (bicyclic) bond motifs is 1. The first-order chi connectivity index (χ1) is 10.4. The molecule has 0 aliphatic carbocycles. The number of piperidine rings is 1. The van der Waals surface area contributed by atoms with Crippen LogP contribution in [0.5, 0.6) is 0 Å². The van der Waals surface area contributed by atoms with Crippen LogP contribution in [0.4, 0.5) is 0 Å². The third-order valence-corrected chi connectivity index (χ3v) is 4.91. The normalized spacial score (nSPS) is 17.6. The SMILES string of the molecule is CCCCCCN1CCC(n2ccc3ccccc32)CC1. The van der Waals surface area contributed by atoms with E-state index in [2.05, 4.69) is 52.9 Å². The zero-order valence-corrected chi connectivity index (χ0v) is 13.3. The van der Waals surface area contributed by atoms with E-state index in [1.165, 1.54) is 69.1 Å². The lowest BCUT2D eigenvalue weighted by Crippen LogP contribution is -2.35. The number of aromatic nitrogens is 1. The van der Waals surface area contributed by atoms with Crippen molar-refractivity contribution in [2.75, 3.05) is 19.6 Å². The van der Waals surface area contributed by atoms with Crippen LogP contribution in [-0.4, -0.2) is 29.1 Å². The van der Waals surface area contributed by atoms with Gasteiger partial charge in [0, 0.05) is 30.8 Å². The number of hydrogen-bond donors (Lipinski definition) is 0. The molecule has 0 radical (unpaired) electrons. The molecule has 1 fully saturated rings. The smallest absolute Gasteiger partial charge is 0.0482 e. The van der Waals surface area contributed by atoms with Crippen LogP contribution in [0.1, 0.15) is 51.5 Å². The van der Waals surface area contributed by atoms with Crippen molar-refractivity contribution in [2.24, 2.45) is 0 Å². The highest BCUT2D eigenvalue weighted by Gasteiger charge is 2.20. The molecule has 1 aromatic heterocycles. The Bertz CT molecular complexity index is 549. The van der Waals surface area contributed by atoms with Crippen molar-refractivity contribution in [3.05, 3.63) is 36.5 Å². The van der Waals surface area contributed by atoms with E-state index in [1.54, 1.807) is 0 Å². The second-order valence-corrected chi connectivity index (χ2v) is 6.42. The first kappa shape index (κ1) is 14.6. The molecule has 2 nitrogen and oxygen atoms in total. The van der Waals surface area contributed by atoms with Crippen molar-refractivity contribution in [2.45, 2.75) is 51.5 Å². The van der Waals surface area contributed by atoms with Crippen LogP contribution in [0.25, 0.3) is 10.9 Å². The molecule has 1 aromatic carbocycles. The maximum absolute atomic E-state index is 2.66. The summed E-state index contributed by atoms with van der Waals surface area (Å²) >= 11 is 0. The van der Waals surface area contributed by atoms with E-state index in [9.17, 15) is 0 Å². The fourth-order valence-electron chi connectivity index (χ4n) is 3.61. The second-order valence-electron chi connectivity index (χ2n) is 6.42. The maximum atomic E-state index is 2.66. The summed E-state index contributed by atoms with van der Waals surface area (Å²) in [4.78, 5) is 2.66. The fraction of sp³-hybridized carbons (Fsp3) is 0.579. The van der Waals surface area contributed by atoms with E-state index in [4.69, 9.17) is 0 Å². The van der Waals surface area contributed by atoms with Crippen molar-refractivity contribution in [3.63, 3.8) is 0 Å². The molecular formula is C19H28N2. The summed E-state index contributed by atoms with van der Waals surface area (Å²) in [5.41, 5.74) is 1.40. The number of benzene rings is 1. The number of para-hydroxylation sites is 1. The monoisotopic (exact) mass is 284 g/mol. The van der Waals surface area contributed by atoms with Gasteiger partial charge in [0.15, 0.2) is 0 Å². The molecular weight excluding hydrogens is 256 g/mol. The van der Waals surface area contributed by atoms with Crippen molar-refractivity contribution in [1.29, 1.82) is 0 Å². The Balaban J connectivity index is 1.54. The summed E-state index contributed by atoms with van der Waals surface area (Å²) in [7, 11) is 0. The van der Waals surface area contributed by atoms with Gasteiger partial charge in [-0.3, -0.25) is 0 Å². The van der Waals surface area contributed by atoms with Crippen LogP contribution in [0.2, 0.25) is 0 Å². The van der Waals surface area contributed by atoms with Crippen LogP contribution in [0.3, 0.4) is 0 Å². The van der Waals surface area contributed by atoms with Gasteiger partial charge < -0.3 is 9.47 Å². The van der Waals surface area contributed by atoms with E-state index in [0.29, 0.717) is 6.04 Å². The molecule has 1 aliphatic rings. The zero-order chi connectivity index (χ0) is 14.5. The van der Waals surface area contributed by atoms with Gasteiger partial charge in [0.25, 0.3) is 0 Å². The molecule has 2 aromatic rings. The van der Waals surface area contributed by atoms with Crippen LogP contribution in [-0.2, 0) is 0 Å². The summed E-state index contributed by atoms with van der Waals surface area (Å²) in [6.45, 7) is 6.12. The van der Waals surface area contributed by atoms with Gasteiger partial charge in [-0.2, -0.15) is 0 Å². The molecule has 0 unspecified atom stereocenters. The van der Waals surface area contributed by atoms with Gasteiger partial charge in [0.05, 0.1) is 0 Å². The number of unbranched alkanes of at least 4 members (excludes halogenated alkanes) is 3. The number of rotatable bonds is 6. The predicted octanol–water partition coefficient (Wildman–Crippen LogP) is 4.86. The highest BCUT2D eigenvalue weighted by molar-refractivity contribution is 5.80. The van der Waals surface area contributed by atoms with Crippen LogP contribution in [0, 0.1) is 0 Å². The molecule has 0 spiro atoms. The molecule has 3 rings (SSSR count). The third kappa shape index (κ3) is 3.49. The average Bonchev–Trinajstić information content (AvgIpc) is 2.96. The zero-order valence-electron chi connectivity index (χ0n) is 13.3. The van der Waals surface area contributed by atoms with Crippen molar-refractivity contribution in [3.8, 4) is 0 Å². The van der Waals surface area contributed by atoms with Gasteiger partial charge in [-0.1, -0.05) is 44.4 Å². The predicted molar refractivity (Wildman–Crippen MR) is 90.8 cm³/mol. The van der Waals surface area contributed by atoms with Gasteiger partial charge >= 0.3 is 0 Å². The minimum Gasteiger partial charge on any atom is -0.344 e. The lowest BCUT2D eigenvalue weighted by Gasteiger charge is -2.33. The minimum absolute atomic E-state index is 0.691. The molecule has 2 heterocycles. The lowest BCUT2D eigenvalue weighted by atomic mass is 10.0. The highest BCUT2D eigenvalue weighted by atomic mass is 15.1. The molecule has 2 heteroatoms. The molecule has 1 aliphatic heterocycles. The fourth-order valence-corrected chi connectivity index (χ4v) is 3.61. The van der Waals surface area contributed by atoms with E-state index in [-0.39, 0.29) is 0 Å². The largest absolute Gasteiger partial charge is 0.344 e. The van der Waals surface area contributed by atoms with Crippen LogP contribution in [0.15, 0.2) is 36.5 Å². The van der Waals surface area contributed by atoms with Gasteiger partial charge in [-0.25, -0.2) is 0 Å². The van der Waals surface area contributed by atoms with Crippen LogP contribution >= 0.6 is 0 Å². The van der Waals surface area contributed by atoms with Gasteiger partial charge in [0.2, 0.25) is 0 Å². The van der Waals surface area contributed by atoms with Crippen molar-refractivity contribution < 1.29 is 0 Å². The average molecular weight is 284 g/mol. The van der Waals surface area contributed by atoms with Gasteiger partial charge in [-0.15, -0.1) is 0 Å². The third-order valence-electron chi connectivity index (χ3n) is 4.91. The quantitative estimate of drug-likeness (QED) is 0.688. The Hall–Kier alpha value is -1.28. The summed E-state index contributed by atoms with van der Waals surface area (Å²) in [5, 5.41) is 1.37. The number of hydrogen-bond acceptors (Lipinski definition) is 1. The topological polar surface area (TPSA) is 8.17 Å². The lowest BCUT2D eigenvalue weighted by molar-refractivity contribution is 0.185. The molecule has 0 amide bonds. The molecule has 0 saturated carbocycles. The van der Waals surface area contributed by atoms with Gasteiger partial charge in [0.1, 0.15) is 0 Å². The maximum Gasteiger partial charge on any atom is 0.0482 e. The van der Waals surface area contributed by atoms with E-state index >= 15 is 0 Å². The van der Waals surface area contributed by atoms with Crippen molar-refractivity contribution >= 4 is 10.9 Å². The summed E-state index contributed by atoms with van der Waals surface area (Å²) in [5.74, 6) is 0. The number of likely N-dealkylation sites (tertiary alicyclic amines) is 1. The summed E-state index contributed by atoms with van der Waals surface area (Å²) < 4.78 is 2.50. The Morgan fingerprint density at radius 3 is 2.62 bits per heavy atom. The highest BCUT2D eigenvalue weighted by Crippen LogP contribution is 2.27. The molecule has 0 atom stereocenters. The second kappa shape index (κ2) is 7.13. The van der Waals surface area contributed by atoms with E-state index in [0.717, 1.165) is 0 Å². The molecule has 21 heavy (non-hydrogen) atoms. The standard InChI is InChI=1S/C19H28N2/c1-2-3-4-7-13-20-14-11-18(12-15-20)21-16-10-17-8-5-6-9-19(17)21/h5-6,8-10,16,18H,2-4,7,11-15H2,1H3. The molecule has 0 N–H and O–H groups in total. The Labute approximate surface area is 128 Å². The van der Waals surface area contributed by atoms with Gasteiger partial charge in [-0.05, 0) is 43.3 Å². The first-order valence-electron chi connectivity index (χ1n) is 8.66. The van der Waals surface area contributed by atoms with E-state index in [1.807, 2.05) is 0 Å².